The highest BCUT2D eigenvalue weighted by molar-refractivity contribution is 5.96. The van der Waals surface area contributed by atoms with Crippen LogP contribution in [0.3, 0.4) is 0 Å². The molecule has 0 radical (unpaired) electrons. The van der Waals surface area contributed by atoms with Crippen LogP contribution in [0.2, 0.25) is 0 Å². The molecule has 45 heavy (non-hydrogen) atoms. The highest BCUT2D eigenvalue weighted by Gasteiger charge is 2.38. The number of ether oxygens (including phenoxy) is 1. The molecule has 238 valence electrons. The van der Waals surface area contributed by atoms with Gasteiger partial charge in [0.2, 0.25) is 17.7 Å². The van der Waals surface area contributed by atoms with Gasteiger partial charge in [-0.3, -0.25) is 24.0 Å². The summed E-state index contributed by atoms with van der Waals surface area (Å²) in [6.07, 6.45) is 1.67. The van der Waals surface area contributed by atoms with Crippen LogP contribution in [-0.2, 0) is 30.3 Å². The van der Waals surface area contributed by atoms with Crippen molar-refractivity contribution in [3.63, 3.8) is 0 Å². The van der Waals surface area contributed by atoms with E-state index in [1.807, 2.05) is 44.2 Å². The van der Waals surface area contributed by atoms with Crippen LogP contribution in [0.4, 0.5) is 0 Å². The Morgan fingerprint density at radius 2 is 1.80 bits per heavy atom. The molecule has 14 nitrogen and oxygen atoms in total. The third-order valence-electron chi connectivity index (χ3n) is 7.79. The fraction of sp³-hybridized carbons (Fsp3) is 0.452. The summed E-state index contributed by atoms with van der Waals surface area (Å²) >= 11 is 0. The number of carbonyl (C=O) groups excluding carboxylic acids is 5. The summed E-state index contributed by atoms with van der Waals surface area (Å²) < 4.78 is 7.67. The van der Waals surface area contributed by atoms with Gasteiger partial charge in [-0.1, -0.05) is 44.2 Å². The summed E-state index contributed by atoms with van der Waals surface area (Å²) in [6, 6.07) is 10.6. The average molecular weight is 619 g/mol. The molecule has 0 unspecified atom stereocenters. The van der Waals surface area contributed by atoms with Gasteiger partial charge >= 0.3 is 0 Å². The van der Waals surface area contributed by atoms with Crippen molar-refractivity contribution in [3.8, 4) is 0 Å². The normalized spacial score (nSPS) is 23.6. The van der Waals surface area contributed by atoms with E-state index in [0.29, 0.717) is 17.6 Å². The summed E-state index contributed by atoms with van der Waals surface area (Å²) in [5.74, 6) is -2.25. The van der Waals surface area contributed by atoms with Gasteiger partial charge in [-0.2, -0.15) is 5.10 Å². The lowest BCUT2D eigenvalue weighted by Gasteiger charge is -2.38. The molecule has 5 rings (SSSR count). The summed E-state index contributed by atoms with van der Waals surface area (Å²) in [7, 11) is 1.47. The molecule has 2 aliphatic rings. The first-order valence-electron chi connectivity index (χ1n) is 15.0. The van der Waals surface area contributed by atoms with Gasteiger partial charge in [0, 0.05) is 38.3 Å². The Labute approximate surface area is 260 Å². The average Bonchev–Trinajstić information content (AvgIpc) is 3.50. The number of hydrogen-bond acceptors (Lipinski definition) is 8. The Balaban J connectivity index is 1.45. The van der Waals surface area contributed by atoms with Gasteiger partial charge in [-0.15, -0.1) is 0 Å². The molecule has 0 saturated carbocycles. The molecule has 4 atom stereocenters. The van der Waals surface area contributed by atoms with E-state index in [-0.39, 0.29) is 44.4 Å². The molecule has 2 saturated heterocycles. The zero-order chi connectivity index (χ0) is 32.1. The number of rotatable bonds is 5. The fourth-order valence-corrected chi connectivity index (χ4v) is 5.55. The number of nitrogens with zero attached hydrogens (tertiary/aromatic N) is 5. The first kappa shape index (κ1) is 31.6. The standard InChI is InChI=1S/C31H38N8O6/c1-19(2)11-23-28(41)32-14-22-15-38(30(43)21-9-10-39-26(13-21)33-18-34-39)16-25(45-22)29(42)36-24(12-20-7-5-4-6-8-20)31(44)37(3)17-27(40)35-23/h4-10,13,18-19,22-25H,11-12,14-17H2,1-3H3,(H,32,41)(H,35,40)(H,36,42)/t22-,23+,24-,25-/m1/s1. The Hall–Kier alpha value is -4.85. The number of amides is 5. The molecule has 2 aliphatic heterocycles. The first-order chi connectivity index (χ1) is 21.6. The molecular weight excluding hydrogens is 580 g/mol. The van der Waals surface area contributed by atoms with Crippen molar-refractivity contribution in [2.75, 3.05) is 33.2 Å². The van der Waals surface area contributed by atoms with Gasteiger partial charge < -0.3 is 30.5 Å². The summed E-state index contributed by atoms with van der Waals surface area (Å²) in [6.45, 7) is 3.58. The van der Waals surface area contributed by atoms with Crippen LogP contribution >= 0.6 is 0 Å². The van der Waals surface area contributed by atoms with E-state index in [1.165, 1.54) is 27.7 Å². The van der Waals surface area contributed by atoms with Crippen LogP contribution in [0, 0.1) is 5.92 Å². The van der Waals surface area contributed by atoms with Crippen LogP contribution in [0.5, 0.6) is 0 Å². The zero-order valence-electron chi connectivity index (χ0n) is 25.5. The third-order valence-corrected chi connectivity index (χ3v) is 7.79. The number of fused-ring (bicyclic) bond motifs is 3. The van der Waals surface area contributed by atoms with E-state index in [1.54, 1.807) is 18.3 Å². The van der Waals surface area contributed by atoms with E-state index in [4.69, 9.17) is 4.74 Å². The Morgan fingerprint density at radius 3 is 2.56 bits per heavy atom. The fourth-order valence-electron chi connectivity index (χ4n) is 5.55. The van der Waals surface area contributed by atoms with Gasteiger partial charge in [0.1, 0.15) is 18.4 Å². The van der Waals surface area contributed by atoms with Gasteiger partial charge in [0.15, 0.2) is 11.8 Å². The predicted molar refractivity (Wildman–Crippen MR) is 162 cm³/mol. The molecule has 3 N–H and O–H groups in total. The number of aromatic nitrogens is 3. The minimum Gasteiger partial charge on any atom is -0.360 e. The van der Waals surface area contributed by atoms with Crippen molar-refractivity contribution >= 4 is 35.2 Å². The smallest absolute Gasteiger partial charge is 0.254 e. The topological polar surface area (TPSA) is 167 Å². The van der Waals surface area contributed by atoms with Crippen LogP contribution < -0.4 is 16.0 Å². The van der Waals surface area contributed by atoms with Crippen LogP contribution in [0.1, 0.15) is 36.2 Å². The molecule has 0 spiro atoms. The van der Waals surface area contributed by atoms with E-state index in [2.05, 4.69) is 26.0 Å². The van der Waals surface area contributed by atoms with Gasteiger partial charge in [-0.05, 0) is 30.0 Å². The third kappa shape index (κ3) is 7.81. The van der Waals surface area contributed by atoms with Crippen molar-refractivity contribution in [1.82, 2.24) is 40.3 Å². The molecule has 2 aromatic heterocycles. The zero-order valence-corrected chi connectivity index (χ0v) is 25.5. The minimum absolute atomic E-state index is 0.00759. The number of pyridine rings is 1. The Morgan fingerprint density at radius 1 is 1.02 bits per heavy atom. The summed E-state index contributed by atoms with van der Waals surface area (Å²) in [5, 5.41) is 12.5. The lowest BCUT2D eigenvalue weighted by Crippen LogP contribution is -2.59. The van der Waals surface area contributed by atoms with E-state index < -0.39 is 47.9 Å². The monoisotopic (exact) mass is 618 g/mol. The molecule has 2 fully saturated rings. The quantitative estimate of drug-likeness (QED) is 0.353. The number of benzene rings is 1. The number of likely N-dealkylation sites (N-methyl/N-ethyl adjacent to an activating group) is 1. The Bertz CT molecular complexity index is 1560. The van der Waals surface area contributed by atoms with Gasteiger partial charge in [0.05, 0.1) is 19.2 Å². The first-order valence-corrected chi connectivity index (χ1v) is 15.0. The van der Waals surface area contributed by atoms with Crippen molar-refractivity contribution in [1.29, 1.82) is 0 Å². The van der Waals surface area contributed by atoms with E-state index in [0.717, 1.165) is 5.56 Å². The lowest BCUT2D eigenvalue weighted by atomic mass is 10.0. The molecule has 5 amide bonds. The second kappa shape index (κ2) is 13.8. The molecule has 2 bridgehead atoms. The summed E-state index contributed by atoms with van der Waals surface area (Å²) in [4.78, 5) is 74.2. The molecule has 4 heterocycles. The maximum absolute atomic E-state index is 13.7. The van der Waals surface area contributed by atoms with Crippen LogP contribution in [0.15, 0.2) is 55.0 Å². The summed E-state index contributed by atoms with van der Waals surface area (Å²) in [5.41, 5.74) is 1.65. The number of nitrogens with one attached hydrogen (secondary N) is 3. The molecule has 3 aromatic rings. The highest BCUT2D eigenvalue weighted by Crippen LogP contribution is 2.17. The van der Waals surface area contributed by atoms with Crippen molar-refractivity contribution in [2.24, 2.45) is 5.92 Å². The second-order valence-corrected chi connectivity index (χ2v) is 11.9. The largest absolute Gasteiger partial charge is 0.360 e. The lowest BCUT2D eigenvalue weighted by molar-refractivity contribution is -0.148. The number of hydrogen-bond donors (Lipinski definition) is 3. The SMILES string of the molecule is CC(C)C[C@@H]1NC(=O)CN(C)C(=O)[C@@H](Cc2ccccc2)NC(=O)[C@H]2CN(C(=O)c3ccn4ncnc4c3)C[C@@H](CNC1=O)O2. The molecule has 1 aromatic carbocycles. The maximum atomic E-state index is 13.7. The number of carbonyl (C=O) groups is 5. The van der Waals surface area contributed by atoms with Crippen molar-refractivity contribution in [2.45, 2.75) is 51.0 Å². The maximum Gasteiger partial charge on any atom is 0.254 e. The van der Waals surface area contributed by atoms with Crippen molar-refractivity contribution < 1.29 is 28.7 Å². The van der Waals surface area contributed by atoms with E-state index in [9.17, 15) is 24.0 Å². The van der Waals surface area contributed by atoms with Crippen molar-refractivity contribution in [3.05, 3.63) is 66.1 Å². The molecule has 14 heteroatoms. The highest BCUT2D eigenvalue weighted by atomic mass is 16.5. The Kier molecular flexibility index (Phi) is 9.71. The van der Waals surface area contributed by atoms with Crippen LogP contribution in [0.25, 0.3) is 5.65 Å². The minimum atomic E-state index is -1.13. The molecular formula is C31H38N8O6. The predicted octanol–water partition coefficient (Wildman–Crippen LogP) is -0.214. The second-order valence-electron chi connectivity index (χ2n) is 11.9. The van der Waals surface area contributed by atoms with Crippen LogP contribution in [-0.4, -0.2) is 111 Å². The molecule has 0 aliphatic carbocycles. The van der Waals surface area contributed by atoms with Gasteiger partial charge in [0.25, 0.3) is 11.8 Å². The van der Waals surface area contributed by atoms with Gasteiger partial charge in [-0.25, -0.2) is 9.50 Å². The van der Waals surface area contributed by atoms with E-state index >= 15 is 0 Å². The number of morpholine rings is 1.